The number of amides is 1. The standard InChI is InChI=1S/C15H24N2O2S/c1-11(12-2-5-16-6-3-12)8-15(19)17-9-14(18)13-4-7-20-10-13/h4,7,10-12,14,16,18H,2-3,5-6,8-9H2,1H3,(H,17,19). The van der Waals surface area contributed by atoms with Gasteiger partial charge in [-0.15, -0.1) is 0 Å². The van der Waals surface area contributed by atoms with Crippen molar-refractivity contribution in [1.82, 2.24) is 10.6 Å². The lowest BCUT2D eigenvalue weighted by atomic mass is 9.84. The molecule has 1 aromatic rings. The van der Waals surface area contributed by atoms with Gasteiger partial charge in [0.2, 0.25) is 5.91 Å². The second-order valence-electron chi connectivity index (χ2n) is 5.65. The van der Waals surface area contributed by atoms with E-state index in [1.165, 1.54) is 0 Å². The summed E-state index contributed by atoms with van der Waals surface area (Å²) in [5.41, 5.74) is 0.877. The Kier molecular flexibility index (Phi) is 6.01. The molecule has 3 N–H and O–H groups in total. The number of thiophene rings is 1. The summed E-state index contributed by atoms with van der Waals surface area (Å²) in [7, 11) is 0. The largest absolute Gasteiger partial charge is 0.387 e. The van der Waals surface area contributed by atoms with Crippen LogP contribution in [-0.4, -0.2) is 30.6 Å². The van der Waals surface area contributed by atoms with Crippen LogP contribution in [-0.2, 0) is 4.79 Å². The highest BCUT2D eigenvalue weighted by atomic mass is 32.1. The van der Waals surface area contributed by atoms with Gasteiger partial charge in [0, 0.05) is 13.0 Å². The number of piperidine rings is 1. The van der Waals surface area contributed by atoms with Crippen molar-refractivity contribution in [2.75, 3.05) is 19.6 Å². The molecule has 1 fully saturated rings. The monoisotopic (exact) mass is 296 g/mol. The predicted octanol–water partition coefficient (Wildman–Crippen LogP) is 1.92. The van der Waals surface area contributed by atoms with Gasteiger partial charge in [-0.25, -0.2) is 0 Å². The fourth-order valence-corrected chi connectivity index (χ4v) is 3.44. The van der Waals surface area contributed by atoms with E-state index < -0.39 is 6.10 Å². The number of carbonyl (C=O) groups excluding carboxylic acids is 1. The Morgan fingerprint density at radius 2 is 2.30 bits per heavy atom. The van der Waals surface area contributed by atoms with E-state index in [0.717, 1.165) is 31.5 Å². The van der Waals surface area contributed by atoms with Crippen LogP contribution < -0.4 is 10.6 Å². The van der Waals surface area contributed by atoms with Crippen molar-refractivity contribution in [2.45, 2.75) is 32.3 Å². The summed E-state index contributed by atoms with van der Waals surface area (Å²) < 4.78 is 0. The smallest absolute Gasteiger partial charge is 0.220 e. The highest BCUT2D eigenvalue weighted by molar-refractivity contribution is 7.07. The molecule has 112 valence electrons. The van der Waals surface area contributed by atoms with Crippen molar-refractivity contribution < 1.29 is 9.90 Å². The zero-order valence-corrected chi connectivity index (χ0v) is 12.8. The Hall–Kier alpha value is -0.910. The van der Waals surface area contributed by atoms with Gasteiger partial charge in [-0.3, -0.25) is 4.79 Å². The van der Waals surface area contributed by atoms with Crippen molar-refractivity contribution in [3.05, 3.63) is 22.4 Å². The van der Waals surface area contributed by atoms with E-state index in [9.17, 15) is 9.90 Å². The molecule has 2 unspecified atom stereocenters. The number of aliphatic hydroxyl groups excluding tert-OH is 1. The van der Waals surface area contributed by atoms with Gasteiger partial charge in [0.05, 0.1) is 6.10 Å². The Balaban J connectivity index is 1.69. The number of hydrogen-bond donors (Lipinski definition) is 3. The van der Waals surface area contributed by atoms with Gasteiger partial charge in [-0.2, -0.15) is 11.3 Å². The first kappa shape index (κ1) is 15.5. The van der Waals surface area contributed by atoms with E-state index in [1.807, 2.05) is 16.8 Å². The quantitative estimate of drug-likeness (QED) is 0.751. The predicted molar refractivity (Wildman–Crippen MR) is 81.7 cm³/mol. The average Bonchev–Trinajstić information content (AvgIpc) is 3.00. The van der Waals surface area contributed by atoms with Crippen LogP contribution >= 0.6 is 11.3 Å². The summed E-state index contributed by atoms with van der Waals surface area (Å²) in [6.45, 7) is 4.58. The molecule has 2 heterocycles. The number of carbonyl (C=O) groups is 1. The van der Waals surface area contributed by atoms with Crippen LogP contribution in [0, 0.1) is 11.8 Å². The molecule has 1 amide bonds. The van der Waals surface area contributed by atoms with Crippen molar-refractivity contribution >= 4 is 17.2 Å². The normalized spacial score (nSPS) is 19.5. The molecule has 0 radical (unpaired) electrons. The Morgan fingerprint density at radius 3 is 2.95 bits per heavy atom. The first-order valence-corrected chi connectivity index (χ1v) is 8.28. The van der Waals surface area contributed by atoms with E-state index in [2.05, 4.69) is 17.6 Å². The molecular weight excluding hydrogens is 272 g/mol. The van der Waals surface area contributed by atoms with Gasteiger partial charge in [-0.05, 0) is 60.2 Å². The third kappa shape index (κ3) is 4.58. The third-order valence-corrected chi connectivity index (χ3v) is 4.82. The third-order valence-electron chi connectivity index (χ3n) is 4.12. The number of aliphatic hydroxyl groups is 1. The summed E-state index contributed by atoms with van der Waals surface area (Å²) >= 11 is 1.55. The van der Waals surface area contributed by atoms with Crippen LogP contribution in [0.25, 0.3) is 0 Å². The second-order valence-corrected chi connectivity index (χ2v) is 6.43. The van der Waals surface area contributed by atoms with Crippen LogP contribution in [0.2, 0.25) is 0 Å². The number of rotatable bonds is 6. The van der Waals surface area contributed by atoms with Crippen molar-refractivity contribution in [3.63, 3.8) is 0 Å². The van der Waals surface area contributed by atoms with Crippen molar-refractivity contribution in [2.24, 2.45) is 11.8 Å². The molecule has 0 aliphatic carbocycles. The topological polar surface area (TPSA) is 61.4 Å². The Labute approximate surface area is 124 Å². The van der Waals surface area contributed by atoms with E-state index in [4.69, 9.17) is 0 Å². The lowest BCUT2D eigenvalue weighted by molar-refractivity contribution is -0.122. The molecule has 2 atom stereocenters. The Morgan fingerprint density at radius 1 is 1.55 bits per heavy atom. The SMILES string of the molecule is CC(CC(=O)NCC(O)c1ccsc1)C1CCNCC1. The van der Waals surface area contributed by atoms with Gasteiger partial charge in [0.15, 0.2) is 0 Å². The molecule has 0 aromatic carbocycles. The van der Waals surface area contributed by atoms with E-state index in [-0.39, 0.29) is 5.91 Å². The summed E-state index contributed by atoms with van der Waals surface area (Å²) in [5.74, 6) is 1.10. The first-order valence-electron chi connectivity index (χ1n) is 7.34. The first-order chi connectivity index (χ1) is 9.66. The molecule has 0 saturated carbocycles. The lowest BCUT2D eigenvalue weighted by Gasteiger charge is -2.28. The van der Waals surface area contributed by atoms with Crippen molar-refractivity contribution in [1.29, 1.82) is 0 Å². The maximum atomic E-state index is 11.9. The molecule has 0 spiro atoms. The van der Waals surface area contributed by atoms with Crippen LogP contribution in [0.1, 0.15) is 37.9 Å². The molecule has 2 rings (SSSR count). The van der Waals surface area contributed by atoms with E-state index in [0.29, 0.717) is 24.8 Å². The minimum absolute atomic E-state index is 0.0466. The van der Waals surface area contributed by atoms with Gasteiger partial charge >= 0.3 is 0 Å². The summed E-state index contributed by atoms with van der Waals surface area (Å²) in [6, 6.07) is 1.89. The number of hydrogen-bond acceptors (Lipinski definition) is 4. The highest BCUT2D eigenvalue weighted by Gasteiger charge is 2.22. The van der Waals surface area contributed by atoms with Crippen LogP contribution in [0.4, 0.5) is 0 Å². The molecule has 1 aromatic heterocycles. The summed E-state index contributed by atoms with van der Waals surface area (Å²) in [5, 5.41) is 20.0. The fourth-order valence-electron chi connectivity index (χ4n) is 2.74. The van der Waals surface area contributed by atoms with E-state index >= 15 is 0 Å². The molecule has 4 nitrogen and oxygen atoms in total. The van der Waals surface area contributed by atoms with Crippen LogP contribution in [0.15, 0.2) is 16.8 Å². The summed E-state index contributed by atoms with van der Waals surface area (Å²) in [4.78, 5) is 11.9. The van der Waals surface area contributed by atoms with E-state index in [1.54, 1.807) is 11.3 Å². The number of nitrogens with one attached hydrogen (secondary N) is 2. The van der Waals surface area contributed by atoms with Crippen LogP contribution in [0.5, 0.6) is 0 Å². The van der Waals surface area contributed by atoms with Gasteiger partial charge in [0.1, 0.15) is 0 Å². The van der Waals surface area contributed by atoms with Gasteiger partial charge < -0.3 is 15.7 Å². The van der Waals surface area contributed by atoms with Gasteiger partial charge in [-0.1, -0.05) is 6.92 Å². The minimum atomic E-state index is -0.598. The Bertz CT molecular complexity index is 402. The van der Waals surface area contributed by atoms with Crippen LogP contribution in [0.3, 0.4) is 0 Å². The minimum Gasteiger partial charge on any atom is -0.387 e. The fraction of sp³-hybridized carbons (Fsp3) is 0.667. The second kappa shape index (κ2) is 7.76. The lowest BCUT2D eigenvalue weighted by Crippen LogP contribution is -2.34. The summed E-state index contributed by atoms with van der Waals surface area (Å²) in [6.07, 6.45) is 2.28. The maximum absolute atomic E-state index is 11.9. The average molecular weight is 296 g/mol. The zero-order chi connectivity index (χ0) is 14.4. The molecular formula is C15H24N2O2S. The molecule has 0 bridgehead atoms. The van der Waals surface area contributed by atoms with Gasteiger partial charge in [0.25, 0.3) is 0 Å². The maximum Gasteiger partial charge on any atom is 0.220 e. The molecule has 5 heteroatoms. The zero-order valence-electron chi connectivity index (χ0n) is 12.0. The molecule has 20 heavy (non-hydrogen) atoms. The molecule has 1 aliphatic heterocycles. The highest BCUT2D eigenvalue weighted by Crippen LogP contribution is 2.24. The molecule has 1 saturated heterocycles. The van der Waals surface area contributed by atoms with Crippen molar-refractivity contribution in [3.8, 4) is 0 Å². The molecule has 1 aliphatic rings.